The summed E-state index contributed by atoms with van der Waals surface area (Å²) in [5, 5.41) is 9.20. The van der Waals surface area contributed by atoms with Gasteiger partial charge in [-0.3, -0.25) is 4.98 Å². The summed E-state index contributed by atoms with van der Waals surface area (Å²) >= 11 is 0. The summed E-state index contributed by atoms with van der Waals surface area (Å²) in [6.07, 6.45) is 6.62. The van der Waals surface area contributed by atoms with Crippen molar-refractivity contribution in [3.63, 3.8) is 0 Å². The Balaban J connectivity index is 2.53. The molecular weight excluding hydrogens is 166 g/mol. The molecule has 0 aromatic carbocycles. The molecule has 0 aliphatic rings. The number of aryl methyl sites for hydroxylation is 1. The van der Waals surface area contributed by atoms with Gasteiger partial charge >= 0.3 is 0 Å². The lowest BCUT2D eigenvalue weighted by Crippen LogP contribution is -1.91. The van der Waals surface area contributed by atoms with E-state index in [2.05, 4.69) is 9.97 Å². The van der Waals surface area contributed by atoms with Crippen LogP contribution in [0.15, 0.2) is 30.9 Å². The number of aromatic nitrogens is 3. The predicted molar refractivity (Wildman–Crippen MR) is 48.1 cm³/mol. The van der Waals surface area contributed by atoms with Crippen LogP contribution in [-0.4, -0.2) is 19.6 Å². The van der Waals surface area contributed by atoms with Crippen molar-refractivity contribution in [1.82, 2.24) is 14.5 Å². The van der Waals surface area contributed by atoms with Gasteiger partial charge in [0.15, 0.2) is 0 Å². The SMILES string of the molecule is Cn1ccnc1-c1cncc(O)c1. The molecule has 0 saturated carbocycles. The lowest BCUT2D eigenvalue weighted by atomic mass is 10.2. The van der Waals surface area contributed by atoms with Crippen molar-refractivity contribution >= 4 is 0 Å². The molecule has 2 aromatic heterocycles. The number of aromatic hydroxyl groups is 1. The Kier molecular flexibility index (Phi) is 1.73. The van der Waals surface area contributed by atoms with Crippen LogP contribution >= 0.6 is 0 Å². The number of imidazole rings is 1. The van der Waals surface area contributed by atoms with Gasteiger partial charge in [-0.25, -0.2) is 4.98 Å². The summed E-state index contributed by atoms with van der Waals surface area (Å²) in [5.74, 6) is 0.948. The summed E-state index contributed by atoms with van der Waals surface area (Å²) in [7, 11) is 1.90. The van der Waals surface area contributed by atoms with E-state index in [-0.39, 0.29) is 5.75 Å². The fourth-order valence-electron chi connectivity index (χ4n) is 1.19. The largest absolute Gasteiger partial charge is 0.506 e. The minimum Gasteiger partial charge on any atom is -0.506 e. The van der Waals surface area contributed by atoms with Gasteiger partial charge in [-0.05, 0) is 6.07 Å². The molecule has 2 heterocycles. The first-order valence-electron chi connectivity index (χ1n) is 3.89. The molecule has 0 bridgehead atoms. The Morgan fingerprint density at radius 3 is 2.85 bits per heavy atom. The van der Waals surface area contributed by atoms with Gasteiger partial charge in [0.25, 0.3) is 0 Å². The highest BCUT2D eigenvalue weighted by atomic mass is 16.3. The van der Waals surface area contributed by atoms with Crippen LogP contribution in [0.3, 0.4) is 0 Å². The lowest BCUT2D eigenvalue weighted by Gasteiger charge is -2.00. The van der Waals surface area contributed by atoms with Crippen molar-refractivity contribution in [2.75, 3.05) is 0 Å². The number of hydrogen-bond acceptors (Lipinski definition) is 3. The third kappa shape index (κ3) is 1.38. The summed E-state index contributed by atoms with van der Waals surface area (Å²) in [6.45, 7) is 0. The number of hydrogen-bond donors (Lipinski definition) is 1. The van der Waals surface area contributed by atoms with Crippen molar-refractivity contribution in [2.24, 2.45) is 7.05 Å². The Morgan fingerprint density at radius 2 is 2.23 bits per heavy atom. The highest BCUT2D eigenvalue weighted by Crippen LogP contribution is 2.18. The number of rotatable bonds is 1. The molecular formula is C9H9N3O. The summed E-state index contributed by atoms with van der Waals surface area (Å²) < 4.78 is 1.87. The molecule has 0 aliphatic carbocycles. The molecule has 0 atom stereocenters. The average molecular weight is 175 g/mol. The molecule has 0 unspecified atom stereocenters. The second-order valence-corrected chi connectivity index (χ2v) is 2.79. The maximum Gasteiger partial charge on any atom is 0.141 e. The summed E-state index contributed by atoms with van der Waals surface area (Å²) in [5.41, 5.74) is 0.813. The standard InChI is InChI=1S/C9H9N3O/c1-12-3-2-11-9(12)7-4-8(13)6-10-5-7/h2-6,13H,1H3. The molecule has 1 N–H and O–H groups in total. The van der Waals surface area contributed by atoms with Crippen molar-refractivity contribution < 1.29 is 5.11 Å². The van der Waals surface area contributed by atoms with Crippen LogP contribution in [0.2, 0.25) is 0 Å². The molecule has 4 nitrogen and oxygen atoms in total. The predicted octanol–water partition coefficient (Wildman–Crippen LogP) is 1.19. The molecule has 0 fully saturated rings. The van der Waals surface area contributed by atoms with E-state index in [4.69, 9.17) is 0 Å². The third-order valence-corrected chi connectivity index (χ3v) is 1.80. The minimum atomic E-state index is 0.153. The third-order valence-electron chi connectivity index (χ3n) is 1.80. The van der Waals surface area contributed by atoms with Gasteiger partial charge in [0.1, 0.15) is 11.6 Å². The molecule has 4 heteroatoms. The quantitative estimate of drug-likeness (QED) is 0.708. The van der Waals surface area contributed by atoms with Gasteiger partial charge in [0.05, 0.1) is 6.20 Å². The van der Waals surface area contributed by atoms with Crippen LogP contribution in [-0.2, 0) is 7.05 Å². The zero-order chi connectivity index (χ0) is 9.26. The van der Waals surface area contributed by atoms with Crippen molar-refractivity contribution in [2.45, 2.75) is 0 Å². The van der Waals surface area contributed by atoms with Gasteiger partial charge in [-0.2, -0.15) is 0 Å². The van der Waals surface area contributed by atoms with Crippen molar-refractivity contribution in [1.29, 1.82) is 0 Å². The zero-order valence-corrected chi connectivity index (χ0v) is 7.18. The smallest absolute Gasteiger partial charge is 0.141 e. The maximum absolute atomic E-state index is 9.20. The molecule has 0 amide bonds. The van der Waals surface area contributed by atoms with Gasteiger partial charge in [-0.1, -0.05) is 0 Å². The first kappa shape index (κ1) is 7.79. The van der Waals surface area contributed by atoms with E-state index in [9.17, 15) is 5.11 Å². The van der Waals surface area contributed by atoms with E-state index in [1.54, 1.807) is 18.5 Å². The van der Waals surface area contributed by atoms with Crippen LogP contribution in [0, 0.1) is 0 Å². The van der Waals surface area contributed by atoms with E-state index in [0.717, 1.165) is 11.4 Å². The van der Waals surface area contributed by atoms with Gasteiger partial charge < -0.3 is 9.67 Å². The van der Waals surface area contributed by atoms with Gasteiger partial charge in [0.2, 0.25) is 0 Å². The Morgan fingerprint density at radius 1 is 1.38 bits per heavy atom. The van der Waals surface area contributed by atoms with E-state index in [1.165, 1.54) is 6.20 Å². The normalized spacial score (nSPS) is 10.2. The Labute approximate surface area is 75.5 Å². The first-order chi connectivity index (χ1) is 6.27. The molecule has 0 aliphatic heterocycles. The van der Waals surface area contributed by atoms with Crippen LogP contribution < -0.4 is 0 Å². The van der Waals surface area contributed by atoms with Crippen LogP contribution in [0.1, 0.15) is 0 Å². The van der Waals surface area contributed by atoms with Gasteiger partial charge in [0, 0.05) is 31.2 Å². The van der Waals surface area contributed by atoms with Gasteiger partial charge in [-0.15, -0.1) is 0 Å². The maximum atomic E-state index is 9.20. The minimum absolute atomic E-state index is 0.153. The molecule has 0 radical (unpaired) electrons. The number of pyridine rings is 1. The highest BCUT2D eigenvalue weighted by molar-refractivity contribution is 5.55. The van der Waals surface area contributed by atoms with Crippen LogP contribution in [0.4, 0.5) is 0 Å². The molecule has 66 valence electrons. The van der Waals surface area contributed by atoms with E-state index >= 15 is 0 Å². The summed E-state index contributed by atoms with van der Waals surface area (Å²) in [4.78, 5) is 8.02. The zero-order valence-electron chi connectivity index (χ0n) is 7.18. The van der Waals surface area contributed by atoms with Crippen molar-refractivity contribution in [3.05, 3.63) is 30.9 Å². The second kappa shape index (κ2) is 2.90. The Hall–Kier alpha value is -1.84. The van der Waals surface area contributed by atoms with E-state index < -0.39 is 0 Å². The average Bonchev–Trinajstić information content (AvgIpc) is 2.51. The second-order valence-electron chi connectivity index (χ2n) is 2.79. The topological polar surface area (TPSA) is 50.9 Å². The Bertz CT molecular complexity index is 422. The molecule has 2 aromatic rings. The first-order valence-corrected chi connectivity index (χ1v) is 3.89. The van der Waals surface area contributed by atoms with E-state index in [1.807, 2.05) is 17.8 Å². The monoisotopic (exact) mass is 175 g/mol. The molecule has 2 rings (SSSR count). The van der Waals surface area contributed by atoms with Crippen LogP contribution in [0.5, 0.6) is 5.75 Å². The lowest BCUT2D eigenvalue weighted by molar-refractivity contribution is 0.473. The molecule has 0 spiro atoms. The highest BCUT2D eigenvalue weighted by Gasteiger charge is 2.03. The van der Waals surface area contributed by atoms with Crippen LogP contribution in [0.25, 0.3) is 11.4 Å². The van der Waals surface area contributed by atoms with Crippen molar-refractivity contribution in [3.8, 4) is 17.1 Å². The fourth-order valence-corrected chi connectivity index (χ4v) is 1.19. The fraction of sp³-hybridized carbons (Fsp3) is 0.111. The molecule has 13 heavy (non-hydrogen) atoms. The number of nitrogens with zero attached hydrogens (tertiary/aromatic N) is 3. The summed E-state index contributed by atoms with van der Waals surface area (Å²) in [6, 6.07) is 1.63. The molecule has 0 saturated heterocycles. The van der Waals surface area contributed by atoms with E-state index in [0.29, 0.717) is 0 Å².